The van der Waals surface area contributed by atoms with E-state index in [9.17, 15) is 5.11 Å². The molecule has 2 aromatic carbocycles. The summed E-state index contributed by atoms with van der Waals surface area (Å²) in [6.45, 7) is 0.768. The van der Waals surface area contributed by atoms with Crippen molar-refractivity contribution in [3.8, 4) is 11.1 Å². The van der Waals surface area contributed by atoms with E-state index in [-0.39, 0.29) is 6.10 Å². The molecule has 3 rings (SSSR count). The second kappa shape index (κ2) is 5.55. The zero-order valence-corrected chi connectivity index (χ0v) is 10.8. The normalized spacial score (nSPS) is 20.4. The first kappa shape index (κ1) is 12.4. The van der Waals surface area contributed by atoms with Crippen molar-refractivity contribution in [2.45, 2.75) is 25.0 Å². The lowest BCUT2D eigenvalue weighted by atomic mass is 9.98. The number of aliphatic hydroxyl groups excluding tert-OH is 1. The van der Waals surface area contributed by atoms with Crippen molar-refractivity contribution in [3.05, 3.63) is 60.2 Å². The van der Waals surface area contributed by atoms with Gasteiger partial charge in [-0.3, -0.25) is 0 Å². The highest BCUT2D eigenvalue weighted by Crippen LogP contribution is 2.28. The Morgan fingerprint density at radius 3 is 2.26 bits per heavy atom. The van der Waals surface area contributed by atoms with E-state index in [0.29, 0.717) is 0 Å². The Bertz CT molecular complexity index is 513. The van der Waals surface area contributed by atoms with E-state index in [4.69, 9.17) is 4.74 Å². The van der Waals surface area contributed by atoms with E-state index >= 15 is 0 Å². The maximum absolute atomic E-state index is 10.3. The van der Waals surface area contributed by atoms with E-state index in [1.54, 1.807) is 0 Å². The zero-order valence-electron chi connectivity index (χ0n) is 10.8. The third-order valence-corrected chi connectivity index (χ3v) is 3.68. The van der Waals surface area contributed by atoms with Crippen LogP contribution in [0.3, 0.4) is 0 Å². The van der Waals surface area contributed by atoms with Crippen molar-refractivity contribution in [3.63, 3.8) is 0 Å². The molecule has 0 saturated carbocycles. The van der Waals surface area contributed by atoms with Gasteiger partial charge in [-0.15, -0.1) is 0 Å². The van der Waals surface area contributed by atoms with Gasteiger partial charge in [0.05, 0.1) is 6.10 Å². The van der Waals surface area contributed by atoms with Crippen LogP contribution in [-0.2, 0) is 4.74 Å². The second-order valence-electron chi connectivity index (χ2n) is 4.98. The lowest BCUT2D eigenvalue weighted by molar-refractivity contribution is -0.00257. The number of aliphatic hydroxyl groups is 1. The minimum atomic E-state index is -0.507. The topological polar surface area (TPSA) is 29.5 Å². The molecule has 0 bridgehead atoms. The molecule has 0 aliphatic carbocycles. The standard InChI is InChI=1S/C17H18O2/c18-17(16-7-4-12-19-16)15-10-8-14(9-11-15)13-5-2-1-3-6-13/h1-3,5-6,8-11,16-18H,4,7,12H2/t16-,17+/m1/s1. The van der Waals surface area contributed by atoms with Gasteiger partial charge in [0.25, 0.3) is 0 Å². The molecule has 0 spiro atoms. The highest BCUT2D eigenvalue weighted by atomic mass is 16.5. The summed E-state index contributed by atoms with van der Waals surface area (Å²) in [6.07, 6.45) is 1.45. The van der Waals surface area contributed by atoms with Crippen molar-refractivity contribution in [1.29, 1.82) is 0 Å². The minimum absolute atomic E-state index is 0.0393. The fourth-order valence-electron chi connectivity index (χ4n) is 2.57. The van der Waals surface area contributed by atoms with Crippen LogP contribution in [0.15, 0.2) is 54.6 Å². The van der Waals surface area contributed by atoms with Gasteiger partial charge in [-0.25, -0.2) is 0 Å². The molecule has 1 saturated heterocycles. The van der Waals surface area contributed by atoms with E-state index < -0.39 is 6.10 Å². The predicted molar refractivity (Wildman–Crippen MR) is 75.8 cm³/mol. The summed E-state index contributed by atoms with van der Waals surface area (Å²) >= 11 is 0. The lowest BCUT2D eigenvalue weighted by Gasteiger charge is -2.18. The van der Waals surface area contributed by atoms with E-state index in [2.05, 4.69) is 24.3 Å². The zero-order chi connectivity index (χ0) is 13.1. The average Bonchev–Trinajstić information content (AvgIpc) is 3.02. The molecule has 2 heteroatoms. The fourth-order valence-corrected chi connectivity index (χ4v) is 2.57. The summed E-state index contributed by atoms with van der Waals surface area (Å²) in [5.41, 5.74) is 3.30. The molecule has 2 aromatic rings. The van der Waals surface area contributed by atoms with Gasteiger partial charge in [0, 0.05) is 6.61 Å². The fraction of sp³-hybridized carbons (Fsp3) is 0.294. The van der Waals surface area contributed by atoms with Crippen molar-refractivity contribution < 1.29 is 9.84 Å². The SMILES string of the molecule is O[C@@H](c1ccc(-c2ccccc2)cc1)[C@H]1CCCO1. The van der Waals surface area contributed by atoms with Crippen LogP contribution in [0.2, 0.25) is 0 Å². The van der Waals surface area contributed by atoms with Crippen molar-refractivity contribution in [2.24, 2.45) is 0 Å². The lowest BCUT2D eigenvalue weighted by Crippen LogP contribution is -2.16. The summed E-state index contributed by atoms with van der Waals surface area (Å²) in [5, 5.41) is 10.3. The number of ether oxygens (including phenoxy) is 1. The summed E-state index contributed by atoms with van der Waals surface area (Å²) in [6, 6.07) is 18.4. The van der Waals surface area contributed by atoms with Gasteiger partial charge in [-0.1, -0.05) is 54.6 Å². The molecule has 98 valence electrons. The third-order valence-electron chi connectivity index (χ3n) is 3.68. The molecular weight excluding hydrogens is 236 g/mol. The monoisotopic (exact) mass is 254 g/mol. The van der Waals surface area contributed by atoms with Gasteiger partial charge in [0.15, 0.2) is 0 Å². The third kappa shape index (κ3) is 2.70. The number of rotatable bonds is 3. The van der Waals surface area contributed by atoms with Crippen LogP contribution < -0.4 is 0 Å². The average molecular weight is 254 g/mol. The van der Waals surface area contributed by atoms with Gasteiger partial charge in [0.1, 0.15) is 6.10 Å². The highest BCUT2D eigenvalue weighted by molar-refractivity contribution is 5.63. The molecule has 2 nitrogen and oxygen atoms in total. The first-order valence-corrected chi connectivity index (χ1v) is 6.79. The maximum Gasteiger partial charge on any atom is 0.105 e. The Hall–Kier alpha value is -1.64. The van der Waals surface area contributed by atoms with Crippen molar-refractivity contribution >= 4 is 0 Å². The van der Waals surface area contributed by atoms with Gasteiger partial charge >= 0.3 is 0 Å². The van der Waals surface area contributed by atoms with E-state index in [1.165, 1.54) is 11.1 Å². The highest BCUT2D eigenvalue weighted by Gasteiger charge is 2.25. The molecule has 1 aliphatic heterocycles. The Balaban J connectivity index is 1.79. The molecule has 1 fully saturated rings. The Morgan fingerprint density at radius 1 is 0.947 bits per heavy atom. The van der Waals surface area contributed by atoms with Crippen molar-refractivity contribution in [2.75, 3.05) is 6.61 Å². The Kier molecular flexibility index (Phi) is 3.62. The second-order valence-corrected chi connectivity index (χ2v) is 4.98. The van der Waals surface area contributed by atoms with Gasteiger partial charge in [0.2, 0.25) is 0 Å². The molecular formula is C17H18O2. The molecule has 0 amide bonds. The molecule has 0 aromatic heterocycles. The van der Waals surface area contributed by atoms with Crippen molar-refractivity contribution in [1.82, 2.24) is 0 Å². The van der Waals surface area contributed by atoms with Gasteiger partial charge in [-0.05, 0) is 29.5 Å². The first-order chi connectivity index (χ1) is 9.34. The summed E-state index contributed by atoms with van der Waals surface area (Å²) in [4.78, 5) is 0. The van der Waals surface area contributed by atoms with Crippen LogP contribution >= 0.6 is 0 Å². The van der Waals surface area contributed by atoms with Gasteiger partial charge in [-0.2, -0.15) is 0 Å². The predicted octanol–water partition coefficient (Wildman–Crippen LogP) is 3.57. The molecule has 1 N–H and O–H groups in total. The first-order valence-electron chi connectivity index (χ1n) is 6.79. The number of hydrogen-bond donors (Lipinski definition) is 1. The molecule has 1 heterocycles. The molecule has 0 unspecified atom stereocenters. The molecule has 0 radical (unpaired) electrons. The minimum Gasteiger partial charge on any atom is -0.386 e. The van der Waals surface area contributed by atoms with Crippen LogP contribution in [0, 0.1) is 0 Å². The van der Waals surface area contributed by atoms with Crippen LogP contribution in [0.4, 0.5) is 0 Å². The number of benzene rings is 2. The smallest absolute Gasteiger partial charge is 0.105 e. The number of hydrogen-bond acceptors (Lipinski definition) is 2. The van der Waals surface area contributed by atoms with Crippen LogP contribution in [0.1, 0.15) is 24.5 Å². The van der Waals surface area contributed by atoms with Crippen LogP contribution in [0.5, 0.6) is 0 Å². The summed E-state index contributed by atoms with van der Waals surface area (Å²) in [5.74, 6) is 0. The Labute approximate surface area is 113 Å². The summed E-state index contributed by atoms with van der Waals surface area (Å²) in [7, 11) is 0. The largest absolute Gasteiger partial charge is 0.386 e. The van der Waals surface area contributed by atoms with E-state index in [0.717, 1.165) is 25.0 Å². The quantitative estimate of drug-likeness (QED) is 0.907. The Morgan fingerprint density at radius 2 is 1.63 bits per heavy atom. The van der Waals surface area contributed by atoms with Crippen LogP contribution in [-0.4, -0.2) is 17.8 Å². The van der Waals surface area contributed by atoms with Gasteiger partial charge < -0.3 is 9.84 Å². The maximum atomic E-state index is 10.3. The molecule has 19 heavy (non-hydrogen) atoms. The summed E-state index contributed by atoms with van der Waals surface area (Å²) < 4.78 is 5.53. The van der Waals surface area contributed by atoms with E-state index in [1.807, 2.05) is 30.3 Å². The molecule has 2 atom stereocenters. The molecule has 1 aliphatic rings. The van der Waals surface area contributed by atoms with Crippen LogP contribution in [0.25, 0.3) is 11.1 Å².